The van der Waals surface area contributed by atoms with Gasteiger partial charge in [-0.2, -0.15) is 5.10 Å². The van der Waals surface area contributed by atoms with E-state index in [1.807, 2.05) is 6.92 Å². The summed E-state index contributed by atoms with van der Waals surface area (Å²) in [5, 5.41) is 4.22. The normalized spacial score (nSPS) is 10.5. The van der Waals surface area contributed by atoms with Crippen molar-refractivity contribution in [3.63, 3.8) is 0 Å². The van der Waals surface area contributed by atoms with Gasteiger partial charge >= 0.3 is 0 Å². The second kappa shape index (κ2) is 3.89. The number of rotatable bonds is 2. The van der Waals surface area contributed by atoms with Gasteiger partial charge in [0, 0.05) is 5.56 Å². The van der Waals surface area contributed by atoms with Crippen molar-refractivity contribution in [2.75, 3.05) is 5.73 Å². The molecule has 0 bridgehead atoms. The summed E-state index contributed by atoms with van der Waals surface area (Å²) in [7, 11) is 0. The number of benzene rings is 1. The van der Waals surface area contributed by atoms with Gasteiger partial charge in [0.2, 0.25) is 5.91 Å². The monoisotopic (exact) mass is 231 g/mol. The van der Waals surface area contributed by atoms with Crippen LogP contribution in [0.5, 0.6) is 0 Å². The van der Waals surface area contributed by atoms with Crippen LogP contribution in [0.15, 0.2) is 18.2 Å². The lowest BCUT2D eigenvalue weighted by Crippen LogP contribution is -2.13. The van der Waals surface area contributed by atoms with Gasteiger partial charge < -0.3 is 11.5 Å². The lowest BCUT2D eigenvalue weighted by Gasteiger charge is -2.08. The molecule has 0 aliphatic rings. The number of hydrogen-bond acceptors (Lipinski definition) is 4. The van der Waals surface area contributed by atoms with Crippen molar-refractivity contribution in [2.24, 2.45) is 5.73 Å². The number of anilines is 1. The Morgan fingerprint density at radius 2 is 2.06 bits per heavy atom. The van der Waals surface area contributed by atoms with Gasteiger partial charge in [0.15, 0.2) is 0 Å². The Morgan fingerprint density at radius 1 is 1.35 bits per heavy atom. The molecule has 2 rings (SSSR count). The molecule has 6 heteroatoms. The maximum Gasteiger partial charge on any atom is 0.248 e. The van der Waals surface area contributed by atoms with Crippen LogP contribution in [0.1, 0.15) is 22.0 Å². The first-order valence-corrected chi connectivity index (χ1v) is 5.09. The van der Waals surface area contributed by atoms with E-state index in [0.717, 1.165) is 0 Å². The molecule has 1 aromatic carbocycles. The molecule has 1 aromatic heterocycles. The molecule has 0 spiro atoms. The highest BCUT2D eigenvalue weighted by molar-refractivity contribution is 5.94. The minimum absolute atomic E-state index is 0.391. The first-order valence-electron chi connectivity index (χ1n) is 5.09. The highest BCUT2D eigenvalue weighted by Crippen LogP contribution is 2.19. The maximum atomic E-state index is 11.1. The van der Waals surface area contributed by atoms with Crippen LogP contribution in [0, 0.1) is 13.8 Å². The number of aryl methyl sites for hydroxylation is 2. The zero-order valence-electron chi connectivity index (χ0n) is 9.64. The topological polar surface area (TPSA) is 99.8 Å². The molecule has 0 aliphatic heterocycles. The molecule has 17 heavy (non-hydrogen) atoms. The van der Waals surface area contributed by atoms with Crippen LogP contribution in [0.25, 0.3) is 5.69 Å². The van der Waals surface area contributed by atoms with Crippen LogP contribution in [0.2, 0.25) is 0 Å². The average Bonchev–Trinajstić information content (AvgIpc) is 2.58. The number of carbonyl (C=O) groups is 1. The van der Waals surface area contributed by atoms with E-state index in [4.69, 9.17) is 11.5 Å². The van der Waals surface area contributed by atoms with Gasteiger partial charge in [0.25, 0.3) is 0 Å². The lowest BCUT2D eigenvalue weighted by atomic mass is 10.1. The van der Waals surface area contributed by atoms with Crippen molar-refractivity contribution < 1.29 is 4.79 Å². The summed E-state index contributed by atoms with van der Waals surface area (Å²) in [5.41, 5.74) is 12.6. The molecule has 6 nitrogen and oxygen atoms in total. The van der Waals surface area contributed by atoms with Crippen LogP contribution < -0.4 is 11.5 Å². The molecule has 1 heterocycles. The predicted octanol–water partition coefficient (Wildman–Crippen LogP) is 0.565. The average molecular weight is 231 g/mol. The van der Waals surface area contributed by atoms with E-state index in [9.17, 15) is 4.79 Å². The molecule has 0 saturated carbocycles. The summed E-state index contributed by atoms with van der Waals surface area (Å²) in [6, 6.07) is 4.82. The standard InChI is InChI=1S/C11H13N5O/c1-6-14-7(2)16(15-6)10-5-8(11(13)17)3-4-9(10)12/h3-5H,12H2,1-2H3,(H2,13,17). The fourth-order valence-corrected chi connectivity index (χ4v) is 1.63. The quantitative estimate of drug-likeness (QED) is 0.738. The largest absolute Gasteiger partial charge is 0.397 e. The van der Waals surface area contributed by atoms with E-state index in [0.29, 0.717) is 28.6 Å². The molecule has 2 aromatic rings. The maximum absolute atomic E-state index is 11.1. The fourth-order valence-electron chi connectivity index (χ4n) is 1.63. The van der Waals surface area contributed by atoms with Gasteiger partial charge in [-0.15, -0.1) is 0 Å². The predicted molar refractivity (Wildman–Crippen MR) is 63.8 cm³/mol. The van der Waals surface area contributed by atoms with Crippen molar-refractivity contribution in [3.8, 4) is 5.69 Å². The summed E-state index contributed by atoms with van der Waals surface area (Å²) in [6.07, 6.45) is 0. The van der Waals surface area contributed by atoms with Crippen LogP contribution in [-0.2, 0) is 0 Å². The first kappa shape index (κ1) is 11.1. The Bertz CT molecular complexity index is 588. The molecule has 88 valence electrons. The third-order valence-corrected chi connectivity index (χ3v) is 2.42. The van der Waals surface area contributed by atoms with Gasteiger partial charge in [-0.3, -0.25) is 4.79 Å². The number of nitrogen functional groups attached to an aromatic ring is 1. The number of nitrogens with two attached hydrogens (primary N) is 2. The van der Waals surface area contributed by atoms with E-state index in [1.165, 1.54) is 0 Å². The highest BCUT2D eigenvalue weighted by atomic mass is 16.1. The Labute approximate surface area is 98.3 Å². The van der Waals surface area contributed by atoms with Crippen LogP contribution in [-0.4, -0.2) is 20.7 Å². The van der Waals surface area contributed by atoms with Gasteiger partial charge in [-0.25, -0.2) is 9.67 Å². The SMILES string of the molecule is Cc1nc(C)n(-c2cc(C(N)=O)ccc2N)n1. The minimum Gasteiger partial charge on any atom is -0.397 e. The minimum atomic E-state index is -0.499. The number of aromatic nitrogens is 3. The second-order valence-corrected chi connectivity index (χ2v) is 3.76. The van der Waals surface area contributed by atoms with Gasteiger partial charge in [-0.05, 0) is 32.0 Å². The number of hydrogen-bond donors (Lipinski definition) is 2. The van der Waals surface area contributed by atoms with Crippen molar-refractivity contribution in [2.45, 2.75) is 13.8 Å². The van der Waals surface area contributed by atoms with Gasteiger partial charge in [0.1, 0.15) is 11.6 Å². The molecule has 0 unspecified atom stereocenters. The molecule has 4 N–H and O–H groups in total. The van der Waals surface area contributed by atoms with Crippen molar-refractivity contribution in [3.05, 3.63) is 35.4 Å². The van der Waals surface area contributed by atoms with E-state index in [1.54, 1.807) is 29.8 Å². The summed E-state index contributed by atoms with van der Waals surface area (Å²) in [6.45, 7) is 3.61. The zero-order valence-corrected chi connectivity index (χ0v) is 9.64. The molecule has 0 atom stereocenters. The van der Waals surface area contributed by atoms with Crippen LogP contribution >= 0.6 is 0 Å². The molecular weight excluding hydrogens is 218 g/mol. The first-order chi connectivity index (χ1) is 7.99. The smallest absolute Gasteiger partial charge is 0.248 e. The number of amides is 1. The Hall–Kier alpha value is -2.37. The highest BCUT2D eigenvalue weighted by Gasteiger charge is 2.11. The van der Waals surface area contributed by atoms with Crippen molar-refractivity contribution in [1.29, 1.82) is 0 Å². The third kappa shape index (κ3) is 1.96. The van der Waals surface area contributed by atoms with E-state index in [2.05, 4.69) is 10.1 Å². The molecular formula is C11H13N5O. The number of carbonyl (C=O) groups excluding carboxylic acids is 1. The fraction of sp³-hybridized carbons (Fsp3) is 0.182. The lowest BCUT2D eigenvalue weighted by molar-refractivity contribution is 0.100. The Kier molecular flexibility index (Phi) is 2.55. The zero-order chi connectivity index (χ0) is 12.6. The molecule has 0 aliphatic carbocycles. The number of primary amides is 1. The van der Waals surface area contributed by atoms with Crippen molar-refractivity contribution >= 4 is 11.6 Å². The summed E-state index contributed by atoms with van der Waals surface area (Å²) in [4.78, 5) is 15.3. The summed E-state index contributed by atoms with van der Waals surface area (Å²) in [5.74, 6) is 0.850. The van der Waals surface area contributed by atoms with Gasteiger partial charge in [-0.1, -0.05) is 0 Å². The van der Waals surface area contributed by atoms with Crippen LogP contribution in [0.3, 0.4) is 0 Å². The number of nitrogens with zero attached hydrogens (tertiary/aromatic N) is 3. The second-order valence-electron chi connectivity index (χ2n) is 3.76. The molecule has 0 saturated heterocycles. The Balaban J connectivity index is 2.62. The summed E-state index contributed by atoms with van der Waals surface area (Å²) >= 11 is 0. The van der Waals surface area contributed by atoms with Gasteiger partial charge in [0.05, 0.1) is 11.4 Å². The van der Waals surface area contributed by atoms with E-state index in [-0.39, 0.29) is 0 Å². The van der Waals surface area contributed by atoms with Crippen molar-refractivity contribution in [1.82, 2.24) is 14.8 Å². The molecule has 0 fully saturated rings. The van der Waals surface area contributed by atoms with Crippen LogP contribution in [0.4, 0.5) is 5.69 Å². The molecule has 1 amide bonds. The Morgan fingerprint density at radius 3 is 2.59 bits per heavy atom. The van der Waals surface area contributed by atoms with E-state index < -0.39 is 5.91 Å². The summed E-state index contributed by atoms with van der Waals surface area (Å²) < 4.78 is 1.59. The molecule has 0 radical (unpaired) electrons. The van der Waals surface area contributed by atoms with E-state index >= 15 is 0 Å². The third-order valence-electron chi connectivity index (χ3n) is 2.42.